The van der Waals surface area contributed by atoms with Crippen LogP contribution in [0.25, 0.3) is 0 Å². The fraction of sp³-hybridized carbons (Fsp3) is 0.350. The molecule has 0 bridgehead atoms. The number of anilines is 1. The molecule has 2 amide bonds. The summed E-state index contributed by atoms with van der Waals surface area (Å²) in [6, 6.07) is 16.2. The lowest BCUT2D eigenvalue weighted by atomic mass is 10.1. The van der Waals surface area contributed by atoms with Crippen molar-refractivity contribution in [2.45, 2.75) is 32.4 Å². The molecule has 0 aliphatic carbocycles. The summed E-state index contributed by atoms with van der Waals surface area (Å²) in [6.07, 6.45) is 2.55. The highest BCUT2D eigenvalue weighted by molar-refractivity contribution is 9.10. The molecular formula is C20H24BrN3O. The molecule has 2 aromatic rings. The second-order valence-corrected chi connectivity index (χ2v) is 7.29. The van der Waals surface area contributed by atoms with Gasteiger partial charge in [-0.25, -0.2) is 4.79 Å². The first-order valence-corrected chi connectivity index (χ1v) is 9.55. The van der Waals surface area contributed by atoms with Crippen LogP contribution in [0.2, 0.25) is 0 Å². The van der Waals surface area contributed by atoms with Gasteiger partial charge in [0.25, 0.3) is 0 Å². The first-order valence-electron chi connectivity index (χ1n) is 8.76. The summed E-state index contributed by atoms with van der Waals surface area (Å²) in [5, 5.41) is 5.90. The van der Waals surface area contributed by atoms with Crippen LogP contribution in [-0.4, -0.2) is 19.1 Å². The molecule has 1 unspecified atom stereocenters. The summed E-state index contributed by atoms with van der Waals surface area (Å²) in [6.45, 7) is 4.79. The van der Waals surface area contributed by atoms with Crippen molar-refractivity contribution < 1.29 is 4.79 Å². The first kappa shape index (κ1) is 17.8. The van der Waals surface area contributed by atoms with E-state index in [9.17, 15) is 4.79 Å². The number of hydrogen-bond acceptors (Lipinski definition) is 2. The molecule has 25 heavy (non-hydrogen) atoms. The van der Waals surface area contributed by atoms with Gasteiger partial charge in [0, 0.05) is 29.8 Å². The average molecular weight is 402 g/mol. The Morgan fingerprint density at radius 2 is 1.80 bits per heavy atom. The zero-order valence-electron chi connectivity index (χ0n) is 14.5. The molecule has 0 radical (unpaired) electrons. The van der Waals surface area contributed by atoms with E-state index in [-0.39, 0.29) is 12.1 Å². The van der Waals surface area contributed by atoms with E-state index < -0.39 is 0 Å². The molecular weight excluding hydrogens is 378 g/mol. The van der Waals surface area contributed by atoms with Crippen molar-refractivity contribution in [3.63, 3.8) is 0 Å². The van der Waals surface area contributed by atoms with Gasteiger partial charge in [-0.3, -0.25) is 0 Å². The third-order valence-electron chi connectivity index (χ3n) is 4.58. The van der Waals surface area contributed by atoms with E-state index in [1.54, 1.807) is 0 Å². The minimum absolute atomic E-state index is 0.0619. The molecule has 2 N–H and O–H groups in total. The lowest BCUT2D eigenvalue weighted by Crippen LogP contribution is -2.36. The van der Waals surface area contributed by atoms with Crippen LogP contribution >= 0.6 is 15.9 Å². The lowest BCUT2D eigenvalue weighted by molar-refractivity contribution is 0.237. The molecule has 4 nitrogen and oxygen atoms in total. The number of hydrogen-bond donors (Lipinski definition) is 2. The topological polar surface area (TPSA) is 44.4 Å². The van der Waals surface area contributed by atoms with Gasteiger partial charge in [0.1, 0.15) is 0 Å². The van der Waals surface area contributed by atoms with Gasteiger partial charge in [-0.2, -0.15) is 0 Å². The van der Waals surface area contributed by atoms with Crippen molar-refractivity contribution in [1.29, 1.82) is 0 Å². The normalized spacial score (nSPS) is 15.0. The summed E-state index contributed by atoms with van der Waals surface area (Å²) in [7, 11) is 0. The molecule has 2 aromatic carbocycles. The maximum absolute atomic E-state index is 12.1. The quantitative estimate of drug-likeness (QED) is 0.767. The number of nitrogens with zero attached hydrogens (tertiary/aromatic N) is 1. The molecule has 1 aliphatic rings. The van der Waals surface area contributed by atoms with Gasteiger partial charge in [0.15, 0.2) is 0 Å². The van der Waals surface area contributed by atoms with Gasteiger partial charge in [0.05, 0.1) is 6.04 Å². The molecule has 1 atom stereocenters. The Hall–Kier alpha value is -2.01. The Bertz CT molecular complexity index is 711. The molecule has 1 saturated heterocycles. The largest absolute Gasteiger partial charge is 0.372 e. The second kappa shape index (κ2) is 8.39. The third-order valence-corrected chi connectivity index (χ3v) is 5.30. The molecule has 5 heteroatoms. The maximum atomic E-state index is 12.1. The number of benzene rings is 2. The fourth-order valence-corrected chi connectivity index (χ4v) is 3.76. The van der Waals surface area contributed by atoms with Crippen LogP contribution in [0.5, 0.6) is 0 Å². The summed E-state index contributed by atoms with van der Waals surface area (Å²) in [4.78, 5) is 14.5. The average Bonchev–Trinajstić information content (AvgIpc) is 3.15. The van der Waals surface area contributed by atoms with E-state index in [2.05, 4.69) is 55.7 Å². The van der Waals surface area contributed by atoms with Crippen molar-refractivity contribution in [3.05, 3.63) is 64.1 Å². The highest BCUT2D eigenvalue weighted by atomic mass is 79.9. The Morgan fingerprint density at radius 3 is 2.48 bits per heavy atom. The predicted octanol–water partition coefficient (Wildman–Crippen LogP) is 4.61. The first-order chi connectivity index (χ1) is 12.1. The van der Waals surface area contributed by atoms with Crippen molar-refractivity contribution in [2.24, 2.45) is 0 Å². The van der Waals surface area contributed by atoms with E-state index in [4.69, 9.17) is 0 Å². The molecule has 1 aliphatic heterocycles. The molecule has 0 aromatic heterocycles. The number of halogens is 1. The number of nitrogens with one attached hydrogen (secondary N) is 2. The van der Waals surface area contributed by atoms with Crippen LogP contribution in [0.1, 0.15) is 36.9 Å². The smallest absolute Gasteiger partial charge is 0.315 e. The number of urea groups is 1. The van der Waals surface area contributed by atoms with E-state index in [1.807, 2.05) is 31.2 Å². The number of rotatable bonds is 5. The van der Waals surface area contributed by atoms with Crippen molar-refractivity contribution in [3.8, 4) is 0 Å². The number of carbonyl (C=O) groups excluding carboxylic acids is 1. The molecule has 0 spiro atoms. The Balaban J connectivity index is 1.49. The SMILES string of the molecule is CC(NC(=O)NCc1ccc(N2CCCC2)cc1)c1ccccc1Br. The van der Waals surface area contributed by atoms with Crippen LogP contribution < -0.4 is 15.5 Å². The minimum Gasteiger partial charge on any atom is -0.372 e. The van der Waals surface area contributed by atoms with E-state index in [0.717, 1.165) is 28.7 Å². The summed E-state index contributed by atoms with van der Waals surface area (Å²) in [5.74, 6) is 0. The molecule has 1 heterocycles. The maximum Gasteiger partial charge on any atom is 0.315 e. The summed E-state index contributed by atoms with van der Waals surface area (Å²) >= 11 is 3.52. The van der Waals surface area contributed by atoms with Crippen molar-refractivity contribution in [2.75, 3.05) is 18.0 Å². The van der Waals surface area contributed by atoms with Crippen LogP contribution in [-0.2, 0) is 6.54 Å². The van der Waals surface area contributed by atoms with Gasteiger partial charge < -0.3 is 15.5 Å². The highest BCUT2D eigenvalue weighted by Gasteiger charge is 2.13. The molecule has 1 fully saturated rings. The van der Waals surface area contributed by atoms with Crippen LogP contribution in [0.3, 0.4) is 0 Å². The fourth-order valence-electron chi connectivity index (χ4n) is 3.13. The Morgan fingerprint density at radius 1 is 1.12 bits per heavy atom. The lowest BCUT2D eigenvalue weighted by Gasteiger charge is -2.18. The van der Waals surface area contributed by atoms with E-state index in [0.29, 0.717) is 6.54 Å². The van der Waals surface area contributed by atoms with E-state index in [1.165, 1.54) is 18.5 Å². The summed E-state index contributed by atoms with van der Waals surface area (Å²) in [5.41, 5.74) is 3.44. The van der Waals surface area contributed by atoms with Crippen LogP contribution in [0.4, 0.5) is 10.5 Å². The molecule has 0 saturated carbocycles. The highest BCUT2D eigenvalue weighted by Crippen LogP contribution is 2.23. The Labute approximate surface area is 157 Å². The zero-order chi connectivity index (χ0) is 17.6. The van der Waals surface area contributed by atoms with Gasteiger partial charge in [-0.05, 0) is 49.1 Å². The number of amides is 2. The van der Waals surface area contributed by atoms with Gasteiger partial charge >= 0.3 is 6.03 Å². The van der Waals surface area contributed by atoms with Gasteiger partial charge in [-0.1, -0.05) is 46.3 Å². The van der Waals surface area contributed by atoms with Gasteiger partial charge in [0.2, 0.25) is 0 Å². The summed E-state index contributed by atoms with van der Waals surface area (Å²) < 4.78 is 1.00. The minimum atomic E-state index is -0.160. The van der Waals surface area contributed by atoms with Crippen LogP contribution in [0, 0.1) is 0 Å². The second-order valence-electron chi connectivity index (χ2n) is 6.43. The monoisotopic (exact) mass is 401 g/mol. The van der Waals surface area contributed by atoms with E-state index >= 15 is 0 Å². The molecule has 132 valence electrons. The van der Waals surface area contributed by atoms with Crippen molar-refractivity contribution >= 4 is 27.6 Å². The standard InChI is InChI=1S/C20H24BrN3O/c1-15(18-6-2-3-7-19(18)21)23-20(25)22-14-16-8-10-17(11-9-16)24-12-4-5-13-24/h2-3,6-11,15H,4-5,12-14H2,1H3,(H2,22,23,25). The number of carbonyl (C=O) groups is 1. The Kier molecular flexibility index (Phi) is 5.97. The third kappa shape index (κ3) is 4.75. The van der Waals surface area contributed by atoms with Gasteiger partial charge in [-0.15, -0.1) is 0 Å². The molecule has 3 rings (SSSR count). The van der Waals surface area contributed by atoms with Crippen molar-refractivity contribution in [1.82, 2.24) is 10.6 Å². The predicted molar refractivity (Wildman–Crippen MR) is 106 cm³/mol. The van der Waals surface area contributed by atoms with Crippen LogP contribution in [0.15, 0.2) is 53.0 Å². The zero-order valence-corrected chi connectivity index (χ0v) is 16.1.